The fourth-order valence-corrected chi connectivity index (χ4v) is 4.17. The first-order chi connectivity index (χ1) is 13.9. The number of fused-ring (bicyclic) bond motifs is 2. The number of thiophene rings is 1. The van der Waals surface area contributed by atoms with Gasteiger partial charge >= 0.3 is 5.97 Å². The van der Waals surface area contributed by atoms with E-state index in [0.717, 1.165) is 33.8 Å². The van der Waals surface area contributed by atoms with E-state index in [1.165, 1.54) is 11.0 Å². The Kier molecular flexibility index (Phi) is 4.75. The summed E-state index contributed by atoms with van der Waals surface area (Å²) in [6, 6.07) is 5.80. The van der Waals surface area contributed by atoms with E-state index in [2.05, 4.69) is 15.1 Å². The molecule has 8 nitrogen and oxygen atoms in total. The smallest absolute Gasteiger partial charge is 0.348 e. The van der Waals surface area contributed by atoms with E-state index >= 15 is 0 Å². The summed E-state index contributed by atoms with van der Waals surface area (Å²) >= 11 is 1.15. The summed E-state index contributed by atoms with van der Waals surface area (Å²) < 4.78 is 8.24. The first kappa shape index (κ1) is 19.0. The van der Waals surface area contributed by atoms with Crippen molar-refractivity contribution in [3.05, 3.63) is 56.7 Å². The van der Waals surface area contributed by atoms with Gasteiger partial charge in [-0.15, -0.1) is 11.3 Å². The SMILES string of the molecule is CCOC(=O)c1sc2ncn(/N=C/c3ccc4c(c3)nc(C)n4C)c(=O)c2c1C. The molecule has 0 aliphatic rings. The van der Waals surface area contributed by atoms with Gasteiger partial charge in [0.2, 0.25) is 0 Å². The molecule has 0 aliphatic heterocycles. The molecular formula is C20H19N5O3S. The highest BCUT2D eigenvalue weighted by atomic mass is 32.1. The van der Waals surface area contributed by atoms with Gasteiger partial charge in [0.1, 0.15) is 21.9 Å². The van der Waals surface area contributed by atoms with Crippen LogP contribution < -0.4 is 5.56 Å². The van der Waals surface area contributed by atoms with E-state index in [1.807, 2.05) is 36.7 Å². The van der Waals surface area contributed by atoms with Gasteiger partial charge in [-0.05, 0) is 44.0 Å². The van der Waals surface area contributed by atoms with Crippen molar-refractivity contribution in [3.8, 4) is 0 Å². The summed E-state index contributed by atoms with van der Waals surface area (Å²) in [5, 5.41) is 4.65. The van der Waals surface area contributed by atoms with Crippen LogP contribution in [0.25, 0.3) is 21.3 Å². The van der Waals surface area contributed by atoms with Crippen molar-refractivity contribution in [1.82, 2.24) is 19.2 Å². The van der Waals surface area contributed by atoms with Crippen LogP contribution in [0.3, 0.4) is 0 Å². The molecule has 0 atom stereocenters. The van der Waals surface area contributed by atoms with Crippen LogP contribution >= 0.6 is 11.3 Å². The highest BCUT2D eigenvalue weighted by molar-refractivity contribution is 7.20. The molecule has 0 bridgehead atoms. The average Bonchev–Trinajstić information content (AvgIpc) is 3.18. The highest BCUT2D eigenvalue weighted by Crippen LogP contribution is 2.27. The molecule has 0 unspecified atom stereocenters. The van der Waals surface area contributed by atoms with Crippen molar-refractivity contribution in [2.24, 2.45) is 12.1 Å². The van der Waals surface area contributed by atoms with Gasteiger partial charge in [-0.3, -0.25) is 4.79 Å². The van der Waals surface area contributed by atoms with Crippen LogP contribution in [0.15, 0.2) is 34.4 Å². The van der Waals surface area contributed by atoms with Gasteiger partial charge in [-0.2, -0.15) is 9.78 Å². The molecule has 0 spiro atoms. The molecule has 0 N–H and O–H groups in total. The summed E-state index contributed by atoms with van der Waals surface area (Å²) in [4.78, 5) is 34.6. The average molecular weight is 409 g/mol. The number of esters is 1. The molecule has 4 rings (SSSR count). The predicted octanol–water partition coefficient (Wildman–Crippen LogP) is 3.02. The maximum absolute atomic E-state index is 12.9. The Morgan fingerprint density at radius 3 is 2.90 bits per heavy atom. The fraction of sp³-hybridized carbons (Fsp3) is 0.250. The lowest BCUT2D eigenvalue weighted by Crippen LogP contribution is -2.17. The molecule has 148 valence electrons. The standard InChI is InChI=1S/C20H19N5O3S/c1-5-28-20(27)17-11(2)16-18(29-17)21-10-25(19(16)26)22-9-13-6-7-15-14(8-13)23-12(3)24(15)4/h6-10H,5H2,1-4H3/b22-9+. The zero-order valence-corrected chi connectivity index (χ0v) is 17.3. The zero-order valence-electron chi connectivity index (χ0n) is 16.5. The zero-order chi connectivity index (χ0) is 20.7. The Balaban J connectivity index is 1.73. The van der Waals surface area contributed by atoms with Gasteiger partial charge < -0.3 is 9.30 Å². The molecular weight excluding hydrogens is 390 g/mol. The van der Waals surface area contributed by atoms with E-state index in [4.69, 9.17) is 4.74 Å². The second kappa shape index (κ2) is 7.25. The summed E-state index contributed by atoms with van der Waals surface area (Å²) in [6.07, 6.45) is 2.95. The Hall–Kier alpha value is -3.33. The van der Waals surface area contributed by atoms with E-state index in [0.29, 0.717) is 20.7 Å². The number of aryl methyl sites for hydroxylation is 3. The molecule has 0 saturated carbocycles. The van der Waals surface area contributed by atoms with Crippen LogP contribution in [0.1, 0.15) is 33.5 Å². The molecule has 3 heterocycles. The third-order valence-corrected chi connectivity index (χ3v) is 5.93. The molecule has 0 radical (unpaired) electrons. The summed E-state index contributed by atoms with van der Waals surface area (Å²) in [5.74, 6) is 0.478. The van der Waals surface area contributed by atoms with Gasteiger partial charge in [0.15, 0.2) is 0 Å². The minimum atomic E-state index is -0.443. The van der Waals surface area contributed by atoms with E-state index < -0.39 is 5.97 Å². The van der Waals surface area contributed by atoms with E-state index in [1.54, 1.807) is 20.1 Å². The monoisotopic (exact) mass is 409 g/mol. The van der Waals surface area contributed by atoms with Crippen LogP contribution in [-0.2, 0) is 11.8 Å². The number of carbonyl (C=O) groups excluding carboxylic acids is 1. The number of ether oxygens (including phenoxy) is 1. The number of imidazole rings is 1. The quantitative estimate of drug-likeness (QED) is 0.382. The minimum Gasteiger partial charge on any atom is -0.462 e. The molecule has 4 aromatic rings. The van der Waals surface area contributed by atoms with Crippen molar-refractivity contribution < 1.29 is 9.53 Å². The van der Waals surface area contributed by atoms with Gasteiger partial charge in [0, 0.05) is 7.05 Å². The Morgan fingerprint density at radius 2 is 2.14 bits per heavy atom. The normalized spacial score (nSPS) is 11.7. The molecule has 29 heavy (non-hydrogen) atoms. The number of carbonyl (C=O) groups is 1. The maximum Gasteiger partial charge on any atom is 0.348 e. The van der Waals surface area contributed by atoms with E-state index in [9.17, 15) is 9.59 Å². The van der Waals surface area contributed by atoms with E-state index in [-0.39, 0.29) is 12.2 Å². The molecule has 0 aliphatic carbocycles. The Labute approximate surface area is 170 Å². The molecule has 0 fully saturated rings. The largest absolute Gasteiger partial charge is 0.462 e. The number of benzene rings is 1. The van der Waals surface area contributed by atoms with Crippen molar-refractivity contribution in [2.75, 3.05) is 6.61 Å². The number of hydrogen-bond donors (Lipinski definition) is 0. The Bertz CT molecular complexity index is 1350. The third-order valence-electron chi connectivity index (χ3n) is 4.76. The molecule has 0 amide bonds. The van der Waals surface area contributed by atoms with Crippen molar-refractivity contribution in [1.29, 1.82) is 0 Å². The van der Waals surface area contributed by atoms with Gasteiger partial charge in [-0.25, -0.2) is 14.8 Å². The fourth-order valence-electron chi connectivity index (χ4n) is 3.14. The summed E-state index contributed by atoms with van der Waals surface area (Å²) in [6.45, 7) is 5.68. The summed E-state index contributed by atoms with van der Waals surface area (Å²) in [7, 11) is 1.96. The second-order valence-electron chi connectivity index (χ2n) is 6.56. The van der Waals surface area contributed by atoms with Gasteiger partial charge in [0.05, 0.1) is 29.2 Å². The first-order valence-electron chi connectivity index (χ1n) is 9.06. The van der Waals surface area contributed by atoms with Gasteiger partial charge in [-0.1, -0.05) is 6.07 Å². The molecule has 0 saturated heterocycles. The van der Waals surface area contributed by atoms with Crippen molar-refractivity contribution >= 4 is 44.8 Å². The van der Waals surface area contributed by atoms with Crippen LogP contribution in [0.4, 0.5) is 0 Å². The minimum absolute atomic E-state index is 0.272. The second-order valence-corrected chi connectivity index (χ2v) is 7.56. The maximum atomic E-state index is 12.9. The lowest BCUT2D eigenvalue weighted by Gasteiger charge is -2.00. The van der Waals surface area contributed by atoms with Crippen molar-refractivity contribution in [3.63, 3.8) is 0 Å². The molecule has 1 aromatic carbocycles. The van der Waals surface area contributed by atoms with Crippen LogP contribution in [0.2, 0.25) is 0 Å². The topological polar surface area (TPSA) is 91.4 Å². The predicted molar refractivity (Wildman–Crippen MR) is 113 cm³/mol. The van der Waals surface area contributed by atoms with Crippen LogP contribution in [0, 0.1) is 13.8 Å². The number of aromatic nitrogens is 4. The van der Waals surface area contributed by atoms with Crippen LogP contribution in [0.5, 0.6) is 0 Å². The van der Waals surface area contributed by atoms with Crippen LogP contribution in [-0.4, -0.2) is 38.0 Å². The van der Waals surface area contributed by atoms with Gasteiger partial charge in [0.25, 0.3) is 5.56 Å². The molecule has 3 aromatic heterocycles. The summed E-state index contributed by atoms with van der Waals surface area (Å²) in [5.41, 5.74) is 2.95. The Morgan fingerprint density at radius 1 is 1.34 bits per heavy atom. The molecule has 9 heteroatoms. The number of nitrogens with zero attached hydrogens (tertiary/aromatic N) is 5. The third kappa shape index (κ3) is 3.23. The first-order valence-corrected chi connectivity index (χ1v) is 9.87. The van der Waals surface area contributed by atoms with Crippen molar-refractivity contribution in [2.45, 2.75) is 20.8 Å². The number of rotatable bonds is 4. The highest BCUT2D eigenvalue weighted by Gasteiger charge is 2.20. The number of hydrogen-bond acceptors (Lipinski definition) is 7. The lowest BCUT2D eigenvalue weighted by atomic mass is 10.2. The lowest BCUT2D eigenvalue weighted by molar-refractivity contribution is 0.0531.